The highest BCUT2D eigenvalue weighted by Gasteiger charge is 2.27. The number of piperidine rings is 1. The molecule has 0 saturated carbocycles. The smallest absolute Gasteiger partial charge is 0.322 e. The molecule has 6 heteroatoms. The highest BCUT2D eigenvalue weighted by molar-refractivity contribution is 5.92. The van der Waals surface area contributed by atoms with Crippen LogP contribution in [0.2, 0.25) is 0 Å². The van der Waals surface area contributed by atoms with Crippen LogP contribution >= 0.6 is 0 Å². The zero-order chi connectivity index (χ0) is 18.6. The van der Waals surface area contributed by atoms with E-state index in [1.807, 2.05) is 36.1 Å². The number of hydrogen-bond donors (Lipinski definition) is 1. The number of nitrogens with one attached hydrogen (secondary N) is 1. The molecule has 146 valence electrons. The largest absolute Gasteiger partial charge is 0.461 e. The quantitative estimate of drug-likeness (QED) is 0.887. The number of anilines is 1. The van der Waals surface area contributed by atoms with Crippen molar-refractivity contribution in [3.8, 4) is 0 Å². The molecule has 1 aromatic carbocycles. The lowest BCUT2D eigenvalue weighted by Crippen LogP contribution is -2.48. The van der Waals surface area contributed by atoms with E-state index in [4.69, 9.17) is 9.15 Å². The fourth-order valence-electron chi connectivity index (χ4n) is 4.17. The summed E-state index contributed by atoms with van der Waals surface area (Å²) < 4.78 is 11.0. The Kier molecular flexibility index (Phi) is 5.64. The number of urea groups is 1. The van der Waals surface area contributed by atoms with Crippen LogP contribution in [0, 0.1) is 6.92 Å². The van der Waals surface area contributed by atoms with E-state index < -0.39 is 0 Å². The van der Waals surface area contributed by atoms with Gasteiger partial charge in [0.15, 0.2) is 0 Å². The van der Waals surface area contributed by atoms with E-state index in [1.54, 1.807) is 0 Å². The van der Waals surface area contributed by atoms with Crippen molar-refractivity contribution in [2.45, 2.75) is 38.6 Å². The molecule has 1 unspecified atom stereocenters. The lowest BCUT2D eigenvalue weighted by atomic mass is 9.99. The normalized spacial score (nSPS) is 21.5. The Morgan fingerprint density at radius 1 is 1.19 bits per heavy atom. The molecule has 1 N–H and O–H groups in total. The van der Waals surface area contributed by atoms with E-state index in [1.165, 1.54) is 6.42 Å². The number of likely N-dealkylation sites (tertiary alicyclic amines) is 1. The number of carbonyl (C=O) groups is 1. The van der Waals surface area contributed by atoms with Gasteiger partial charge in [0.05, 0.1) is 13.2 Å². The average molecular weight is 371 g/mol. The molecular weight excluding hydrogens is 342 g/mol. The van der Waals surface area contributed by atoms with E-state index in [2.05, 4.69) is 10.2 Å². The van der Waals surface area contributed by atoms with Crippen molar-refractivity contribution in [3.05, 3.63) is 30.0 Å². The molecule has 2 aliphatic heterocycles. The third-order valence-electron chi connectivity index (χ3n) is 5.66. The number of hydrogen-bond acceptors (Lipinski definition) is 4. The van der Waals surface area contributed by atoms with Gasteiger partial charge in [-0.15, -0.1) is 0 Å². The third-order valence-corrected chi connectivity index (χ3v) is 5.66. The molecule has 27 heavy (non-hydrogen) atoms. The Morgan fingerprint density at radius 2 is 2.04 bits per heavy atom. The molecule has 0 spiro atoms. The van der Waals surface area contributed by atoms with Gasteiger partial charge in [-0.1, -0.05) is 0 Å². The molecule has 0 aliphatic carbocycles. The zero-order valence-corrected chi connectivity index (χ0v) is 16.1. The number of aryl methyl sites for hydroxylation is 1. The maximum Gasteiger partial charge on any atom is 0.322 e. The highest BCUT2D eigenvalue weighted by Crippen LogP contribution is 2.25. The van der Waals surface area contributed by atoms with Crippen LogP contribution in [0.4, 0.5) is 10.5 Å². The molecule has 4 rings (SSSR count). The highest BCUT2D eigenvalue weighted by atomic mass is 16.5. The number of fused-ring (bicyclic) bond motifs is 1. The summed E-state index contributed by atoms with van der Waals surface area (Å²) in [6, 6.07) is 8.15. The van der Waals surface area contributed by atoms with Gasteiger partial charge in [-0.2, -0.15) is 0 Å². The maximum absolute atomic E-state index is 12.9. The summed E-state index contributed by atoms with van der Waals surface area (Å²) in [5.41, 5.74) is 1.68. The van der Waals surface area contributed by atoms with Gasteiger partial charge < -0.3 is 19.4 Å². The number of benzene rings is 1. The molecule has 3 heterocycles. The predicted octanol–water partition coefficient (Wildman–Crippen LogP) is 3.85. The van der Waals surface area contributed by atoms with E-state index in [0.717, 1.165) is 81.1 Å². The number of ether oxygens (including phenoxy) is 1. The molecule has 2 amide bonds. The summed E-state index contributed by atoms with van der Waals surface area (Å²) in [5, 5.41) is 4.11. The number of furan rings is 1. The molecule has 1 atom stereocenters. The summed E-state index contributed by atoms with van der Waals surface area (Å²) in [5.74, 6) is 0.882. The summed E-state index contributed by atoms with van der Waals surface area (Å²) in [7, 11) is 0. The summed E-state index contributed by atoms with van der Waals surface area (Å²) in [6.07, 6.45) is 4.42. The van der Waals surface area contributed by atoms with Gasteiger partial charge in [-0.25, -0.2) is 4.79 Å². The molecular formula is C21H29N3O3. The van der Waals surface area contributed by atoms with Crippen molar-refractivity contribution in [1.82, 2.24) is 9.80 Å². The standard InChI is InChI=1S/C21H29N3O3/c1-16-14-17-15-18(5-6-20(17)27-16)22-21(25)24-8-3-2-4-19(24)7-9-23-10-12-26-13-11-23/h5-6,14-15,19H,2-4,7-13H2,1H3,(H,22,25). The van der Waals surface area contributed by atoms with E-state index in [-0.39, 0.29) is 6.03 Å². The van der Waals surface area contributed by atoms with Gasteiger partial charge in [-0.3, -0.25) is 4.90 Å². The second kappa shape index (κ2) is 8.31. The number of carbonyl (C=O) groups excluding carboxylic acids is 1. The Morgan fingerprint density at radius 3 is 2.89 bits per heavy atom. The molecule has 1 aromatic heterocycles. The molecule has 2 aromatic rings. The van der Waals surface area contributed by atoms with Crippen LogP contribution in [0.3, 0.4) is 0 Å². The number of amides is 2. The Hall–Kier alpha value is -2.05. The van der Waals surface area contributed by atoms with Gasteiger partial charge in [-0.05, 0) is 56.9 Å². The van der Waals surface area contributed by atoms with Crippen LogP contribution in [-0.4, -0.2) is 61.3 Å². The second-order valence-electron chi connectivity index (χ2n) is 7.63. The predicted molar refractivity (Wildman–Crippen MR) is 106 cm³/mol. The van der Waals surface area contributed by atoms with Crippen LogP contribution in [0.1, 0.15) is 31.4 Å². The van der Waals surface area contributed by atoms with Crippen LogP contribution in [-0.2, 0) is 4.74 Å². The van der Waals surface area contributed by atoms with Crippen molar-refractivity contribution < 1.29 is 13.9 Å². The monoisotopic (exact) mass is 371 g/mol. The minimum absolute atomic E-state index is 0.0150. The molecule has 0 radical (unpaired) electrons. The van der Waals surface area contributed by atoms with E-state index in [9.17, 15) is 4.79 Å². The lowest BCUT2D eigenvalue weighted by Gasteiger charge is -2.37. The fraction of sp³-hybridized carbons (Fsp3) is 0.571. The van der Waals surface area contributed by atoms with E-state index >= 15 is 0 Å². The minimum Gasteiger partial charge on any atom is -0.461 e. The summed E-state index contributed by atoms with van der Waals surface area (Å²) >= 11 is 0. The Labute approximate surface area is 160 Å². The Bertz CT molecular complexity index is 782. The minimum atomic E-state index is 0.0150. The second-order valence-corrected chi connectivity index (χ2v) is 7.63. The first-order valence-corrected chi connectivity index (χ1v) is 10.1. The average Bonchev–Trinajstić information content (AvgIpc) is 3.06. The van der Waals surface area contributed by atoms with Gasteiger partial charge in [0.2, 0.25) is 0 Å². The summed E-state index contributed by atoms with van der Waals surface area (Å²) in [6.45, 7) is 7.47. The fourth-order valence-corrected chi connectivity index (χ4v) is 4.17. The van der Waals surface area contributed by atoms with Crippen molar-refractivity contribution in [2.24, 2.45) is 0 Å². The zero-order valence-electron chi connectivity index (χ0n) is 16.1. The number of nitrogens with zero attached hydrogens (tertiary/aromatic N) is 2. The van der Waals surface area contributed by atoms with Crippen LogP contribution < -0.4 is 5.32 Å². The molecule has 0 bridgehead atoms. The first-order valence-electron chi connectivity index (χ1n) is 10.1. The molecule has 2 saturated heterocycles. The van der Waals surface area contributed by atoms with Crippen LogP contribution in [0.5, 0.6) is 0 Å². The van der Waals surface area contributed by atoms with E-state index in [0.29, 0.717) is 6.04 Å². The SMILES string of the molecule is Cc1cc2cc(NC(=O)N3CCCCC3CCN3CCOCC3)ccc2o1. The van der Waals surface area contributed by atoms with Crippen molar-refractivity contribution in [2.75, 3.05) is 44.7 Å². The van der Waals surface area contributed by atoms with Gasteiger partial charge in [0.25, 0.3) is 0 Å². The van der Waals surface area contributed by atoms with Gasteiger partial charge >= 0.3 is 6.03 Å². The first-order chi connectivity index (χ1) is 13.2. The van der Waals surface area contributed by atoms with Gasteiger partial charge in [0.1, 0.15) is 11.3 Å². The maximum atomic E-state index is 12.9. The third kappa shape index (κ3) is 4.45. The summed E-state index contributed by atoms with van der Waals surface area (Å²) in [4.78, 5) is 17.4. The first kappa shape index (κ1) is 18.3. The lowest BCUT2D eigenvalue weighted by molar-refractivity contribution is 0.0329. The molecule has 2 aliphatic rings. The molecule has 6 nitrogen and oxygen atoms in total. The van der Waals surface area contributed by atoms with Crippen LogP contribution in [0.15, 0.2) is 28.7 Å². The van der Waals surface area contributed by atoms with Gasteiger partial charge in [0, 0.05) is 43.3 Å². The molecule has 2 fully saturated rings. The van der Waals surface area contributed by atoms with Crippen LogP contribution in [0.25, 0.3) is 11.0 Å². The topological polar surface area (TPSA) is 58.0 Å². The van der Waals surface area contributed by atoms with Crippen molar-refractivity contribution >= 4 is 22.7 Å². The van der Waals surface area contributed by atoms with Crippen molar-refractivity contribution in [1.29, 1.82) is 0 Å². The van der Waals surface area contributed by atoms with Crippen molar-refractivity contribution in [3.63, 3.8) is 0 Å². The number of morpholine rings is 1. The Balaban J connectivity index is 1.38. The number of rotatable bonds is 4.